The van der Waals surface area contributed by atoms with Crippen LogP contribution in [0, 0.1) is 11.8 Å². The molecule has 0 nitrogen and oxygen atoms in total. The molecular weight excluding hydrogens is 180 g/mol. The molecule has 0 saturated carbocycles. The van der Waals surface area contributed by atoms with Crippen molar-refractivity contribution >= 4 is 0 Å². The molecule has 0 fully saturated rings. The van der Waals surface area contributed by atoms with Gasteiger partial charge in [0.2, 0.25) is 0 Å². The first-order valence-corrected chi connectivity index (χ1v) is 6.22. The van der Waals surface area contributed by atoms with E-state index in [9.17, 15) is 0 Å². The van der Waals surface area contributed by atoms with Crippen LogP contribution < -0.4 is 0 Å². The average molecular weight is 204 g/mol. The highest BCUT2D eigenvalue weighted by Gasteiger charge is 2.04. The number of hydrogen-bond donors (Lipinski definition) is 0. The molecule has 1 rings (SSSR count). The van der Waals surface area contributed by atoms with Crippen LogP contribution in [0.25, 0.3) is 0 Å². The SMILES string of the molecule is CC(C)CC(C)CCCc1ccccc1. The summed E-state index contributed by atoms with van der Waals surface area (Å²) < 4.78 is 0. The van der Waals surface area contributed by atoms with Gasteiger partial charge in [-0.15, -0.1) is 0 Å². The number of rotatable bonds is 6. The predicted octanol–water partition coefficient (Wildman–Crippen LogP) is 4.69. The molecule has 84 valence electrons. The Morgan fingerprint density at radius 3 is 2.27 bits per heavy atom. The summed E-state index contributed by atoms with van der Waals surface area (Å²) in [4.78, 5) is 0. The third-order valence-electron chi connectivity index (χ3n) is 2.88. The van der Waals surface area contributed by atoms with Crippen molar-refractivity contribution in [1.29, 1.82) is 0 Å². The fourth-order valence-corrected chi connectivity index (χ4v) is 2.22. The Morgan fingerprint density at radius 1 is 1.00 bits per heavy atom. The van der Waals surface area contributed by atoms with Crippen LogP contribution in [0.15, 0.2) is 30.3 Å². The first-order chi connectivity index (χ1) is 7.18. The predicted molar refractivity (Wildman–Crippen MR) is 68.0 cm³/mol. The van der Waals surface area contributed by atoms with Crippen LogP contribution in [0.3, 0.4) is 0 Å². The van der Waals surface area contributed by atoms with Gasteiger partial charge in [0.1, 0.15) is 0 Å². The molecule has 0 aromatic heterocycles. The number of benzene rings is 1. The number of aryl methyl sites for hydroxylation is 1. The maximum Gasteiger partial charge on any atom is -0.0279 e. The molecule has 0 aliphatic heterocycles. The van der Waals surface area contributed by atoms with Crippen molar-refractivity contribution in [2.45, 2.75) is 46.5 Å². The molecule has 0 saturated heterocycles. The van der Waals surface area contributed by atoms with Crippen LogP contribution in [0.4, 0.5) is 0 Å². The molecule has 1 aromatic rings. The standard InChI is InChI=1S/C15H24/c1-13(2)12-14(3)8-7-11-15-9-5-4-6-10-15/h4-6,9-10,13-14H,7-8,11-12H2,1-3H3. The van der Waals surface area contributed by atoms with E-state index in [0.29, 0.717) is 0 Å². The third kappa shape index (κ3) is 5.61. The Balaban J connectivity index is 2.16. The first-order valence-electron chi connectivity index (χ1n) is 6.22. The lowest BCUT2D eigenvalue weighted by atomic mass is 9.93. The van der Waals surface area contributed by atoms with Gasteiger partial charge in [-0.2, -0.15) is 0 Å². The zero-order valence-electron chi connectivity index (χ0n) is 10.4. The second-order valence-electron chi connectivity index (χ2n) is 5.11. The van der Waals surface area contributed by atoms with E-state index in [1.807, 2.05) is 0 Å². The van der Waals surface area contributed by atoms with Gasteiger partial charge in [0.15, 0.2) is 0 Å². The van der Waals surface area contributed by atoms with Crippen molar-refractivity contribution < 1.29 is 0 Å². The smallest absolute Gasteiger partial charge is 0.0279 e. The summed E-state index contributed by atoms with van der Waals surface area (Å²) in [5, 5.41) is 0. The van der Waals surface area contributed by atoms with Gasteiger partial charge in [-0.3, -0.25) is 0 Å². The van der Waals surface area contributed by atoms with E-state index in [-0.39, 0.29) is 0 Å². The van der Waals surface area contributed by atoms with Crippen LogP contribution >= 0.6 is 0 Å². The van der Waals surface area contributed by atoms with E-state index >= 15 is 0 Å². The molecular formula is C15H24. The fourth-order valence-electron chi connectivity index (χ4n) is 2.22. The van der Waals surface area contributed by atoms with Gasteiger partial charge >= 0.3 is 0 Å². The fraction of sp³-hybridized carbons (Fsp3) is 0.600. The largest absolute Gasteiger partial charge is 0.0628 e. The summed E-state index contributed by atoms with van der Waals surface area (Å²) in [6.45, 7) is 7.01. The highest BCUT2D eigenvalue weighted by atomic mass is 14.1. The minimum Gasteiger partial charge on any atom is -0.0628 e. The Bertz CT molecular complexity index is 248. The minimum absolute atomic E-state index is 0.844. The van der Waals surface area contributed by atoms with Crippen LogP contribution in [0.2, 0.25) is 0 Å². The Labute approximate surface area is 94.7 Å². The maximum absolute atomic E-state index is 2.38. The maximum atomic E-state index is 2.38. The van der Waals surface area contributed by atoms with Crippen molar-refractivity contribution in [3.63, 3.8) is 0 Å². The molecule has 0 radical (unpaired) electrons. The molecule has 1 unspecified atom stereocenters. The van der Waals surface area contributed by atoms with Crippen LogP contribution in [-0.2, 0) is 6.42 Å². The molecule has 0 heterocycles. The Hall–Kier alpha value is -0.780. The van der Waals surface area contributed by atoms with E-state index in [1.165, 1.54) is 31.2 Å². The summed E-state index contributed by atoms with van der Waals surface area (Å²) in [5.41, 5.74) is 1.48. The van der Waals surface area contributed by atoms with Gasteiger partial charge in [0, 0.05) is 0 Å². The van der Waals surface area contributed by atoms with E-state index in [2.05, 4.69) is 51.1 Å². The molecule has 0 amide bonds. The van der Waals surface area contributed by atoms with Crippen molar-refractivity contribution in [3.05, 3.63) is 35.9 Å². The van der Waals surface area contributed by atoms with Gasteiger partial charge < -0.3 is 0 Å². The lowest BCUT2D eigenvalue weighted by Crippen LogP contribution is -2.00. The van der Waals surface area contributed by atoms with Crippen molar-refractivity contribution in [2.75, 3.05) is 0 Å². The van der Waals surface area contributed by atoms with Gasteiger partial charge in [-0.25, -0.2) is 0 Å². The Kier molecular flexibility index (Phi) is 5.45. The second kappa shape index (κ2) is 6.66. The zero-order valence-corrected chi connectivity index (χ0v) is 10.4. The highest BCUT2D eigenvalue weighted by molar-refractivity contribution is 5.14. The summed E-state index contributed by atoms with van der Waals surface area (Å²) in [6, 6.07) is 10.8. The molecule has 15 heavy (non-hydrogen) atoms. The van der Waals surface area contributed by atoms with E-state index in [0.717, 1.165) is 11.8 Å². The normalized spacial score (nSPS) is 13.1. The lowest BCUT2D eigenvalue weighted by Gasteiger charge is -2.13. The molecule has 0 aliphatic rings. The first kappa shape index (κ1) is 12.3. The van der Waals surface area contributed by atoms with Gasteiger partial charge in [-0.05, 0) is 36.7 Å². The number of hydrogen-bond acceptors (Lipinski definition) is 0. The third-order valence-corrected chi connectivity index (χ3v) is 2.88. The molecule has 0 bridgehead atoms. The van der Waals surface area contributed by atoms with Gasteiger partial charge in [0.05, 0.1) is 0 Å². The van der Waals surface area contributed by atoms with Crippen LogP contribution in [0.5, 0.6) is 0 Å². The summed E-state index contributed by atoms with van der Waals surface area (Å²) in [5.74, 6) is 1.73. The average Bonchev–Trinajstić information content (AvgIpc) is 2.18. The summed E-state index contributed by atoms with van der Waals surface area (Å²) in [7, 11) is 0. The zero-order chi connectivity index (χ0) is 11.1. The molecule has 0 heteroatoms. The molecule has 1 aromatic carbocycles. The summed E-state index contributed by atoms with van der Waals surface area (Å²) >= 11 is 0. The minimum atomic E-state index is 0.844. The lowest BCUT2D eigenvalue weighted by molar-refractivity contribution is 0.406. The molecule has 0 spiro atoms. The monoisotopic (exact) mass is 204 g/mol. The van der Waals surface area contributed by atoms with Crippen molar-refractivity contribution in [1.82, 2.24) is 0 Å². The Morgan fingerprint density at radius 2 is 1.67 bits per heavy atom. The van der Waals surface area contributed by atoms with E-state index in [1.54, 1.807) is 0 Å². The van der Waals surface area contributed by atoms with E-state index < -0.39 is 0 Å². The summed E-state index contributed by atoms with van der Waals surface area (Å²) in [6.07, 6.45) is 5.31. The van der Waals surface area contributed by atoms with Crippen LogP contribution in [-0.4, -0.2) is 0 Å². The highest BCUT2D eigenvalue weighted by Crippen LogP contribution is 2.17. The van der Waals surface area contributed by atoms with Crippen LogP contribution in [0.1, 0.15) is 45.6 Å². The quantitative estimate of drug-likeness (QED) is 0.630. The second-order valence-corrected chi connectivity index (χ2v) is 5.11. The van der Waals surface area contributed by atoms with E-state index in [4.69, 9.17) is 0 Å². The van der Waals surface area contributed by atoms with Gasteiger partial charge in [-0.1, -0.05) is 57.5 Å². The van der Waals surface area contributed by atoms with Crippen molar-refractivity contribution in [2.24, 2.45) is 11.8 Å². The molecule has 0 N–H and O–H groups in total. The van der Waals surface area contributed by atoms with Crippen molar-refractivity contribution in [3.8, 4) is 0 Å². The topological polar surface area (TPSA) is 0 Å². The molecule has 0 aliphatic carbocycles. The van der Waals surface area contributed by atoms with Gasteiger partial charge in [0.25, 0.3) is 0 Å². The molecule has 1 atom stereocenters.